The van der Waals surface area contributed by atoms with E-state index in [0.717, 1.165) is 28.4 Å². The molecular weight excluding hydrogens is 300 g/mol. The third-order valence-electron chi connectivity index (χ3n) is 3.99. The van der Waals surface area contributed by atoms with Gasteiger partial charge in [0.2, 0.25) is 0 Å². The Kier molecular flexibility index (Phi) is 5.19. The predicted molar refractivity (Wildman–Crippen MR) is 97.9 cm³/mol. The lowest BCUT2D eigenvalue weighted by Crippen LogP contribution is -1.92. The minimum Gasteiger partial charge on any atom is -0.143 e. The Hall–Kier alpha value is -2.00. The van der Waals surface area contributed by atoms with Crippen molar-refractivity contribution in [3.05, 3.63) is 70.2 Å². The van der Waals surface area contributed by atoms with Crippen LogP contribution < -0.4 is 0 Å². The molecule has 3 heteroatoms. The molecule has 3 aromatic rings. The molecule has 0 aliphatic carbocycles. The Morgan fingerprint density at radius 1 is 0.739 bits per heavy atom. The Balaban J connectivity index is 1.60. The summed E-state index contributed by atoms with van der Waals surface area (Å²) in [6.07, 6.45) is 4.54. The fourth-order valence-electron chi connectivity index (χ4n) is 2.68. The van der Waals surface area contributed by atoms with Crippen LogP contribution in [0.2, 0.25) is 0 Å². The number of nitrogens with zero attached hydrogens (tertiary/aromatic N) is 2. The molecule has 3 rings (SSSR count). The molecular formula is C20H22N2S. The highest BCUT2D eigenvalue weighted by molar-refractivity contribution is 7.14. The largest absolute Gasteiger partial charge is 0.147 e. The minimum atomic E-state index is 1.00. The molecule has 2 nitrogen and oxygen atoms in total. The minimum absolute atomic E-state index is 1.00. The van der Waals surface area contributed by atoms with E-state index in [0.29, 0.717) is 0 Å². The molecule has 0 N–H and O–H groups in total. The van der Waals surface area contributed by atoms with Gasteiger partial charge in [0.1, 0.15) is 10.0 Å². The zero-order valence-electron chi connectivity index (χ0n) is 13.7. The van der Waals surface area contributed by atoms with Crippen molar-refractivity contribution < 1.29 is 0 Å². The van der Waals surface area contributed by atoms with Gasteiger partial charge in [-0.25, -0.2) is 0 Å². The fourth-order valence-corrected chi connectivity index (χ4v) is 3.37. The van der Waals surface area contributed by atoms with E-state index in [9.17, 15) is 0 Å². The molecule has 0 fully saturated rings. The maximum absolute atomic E-state index is 4.20. The first-order valence-electron chi connectivity index (χ1n) is 8.22. The lowest BCUT2D eigenvalue weighted by Gasteiger charge is -2.05. The lowest BCUT2D eigenvalue weighted by atomic mass is 10.0. The second-order valence-electron chi connectivity index (χ2n) is 5.89. The summed E-state index contributed by atoms with van der Waals surface area (Å²) in [4.78, 5) is 0. The molecule has 0 bridgehead atoms. The highest BCUT2D eigenvalue weighted by Gasteiger charge is 2.04. The highest BCUT2D eigenvalue weighted by Crippen LogP contribution is 2.23. The number of aromatic nitrogens is 2. The summed E-state index contributed by atoms with van der Waals surface area (Å²) in [6, 6.07) is 17.8. The molecule has 0 saturated heterocycles. The van der Waals surface area contributed by atoms with Gasteiger partial charge < -0.3 is 0 Å². The lowest BCUT2D eigenvalue weighted by molar-refractivity contribution is 0.914. The first-order valence-corrected chi connectivity index (χ1v) is 9.03. The highest BCUT2D eigenvalue weighted by atomic mass is 32.1. The van der Waals surface area contributed by atoms with E-state index >= 15 is 0 Å². The van der Waals surface area contributed by atoms with Crippen LogP contribution in [0.5, 0.6) is 0 Å². The van der Waals surface area contributed by atoms with E-state index in [1.807, 2.05) is 6.92 Å². The number of rotatable bonds is 6. The molecule has 0 aliphatic heterocycles. The fraction of sp³-hybridized carbons (Fsp3) is 0.300. The van der Waals surface area contributed by atoms with Crippen LogP contribution in [0.4, 0.5) is 0 Å². The normalized spacial score (nSPS) is 10.9. The molecule has 1 heterocycles. The van der Waals surface area contributed by atoms with Crippen LogP contribution >= 0.6 is 11.3 Å². The van der Waals surface area contributed by atoms with Crippen molar-refractivity contribution >= 4 is 11.3 Å². The van der Waals surface area contributed by atoms with Crippen molar-refractivity contribution in [2.75, 3.05) is 0 Å². The van der Waals surface area contributed by atoms with Crippen molar-refractivity contribution in [1.29, 1.82) is 0 Å². The average molecular weight is 322 g/mol. The van der Waals surface area contributed by atoms with Gasteiger partial charge in [0.25, 0.3) is 0 Å². The topological polar surface area (TPSA) is 25.8 Å². The van der Waals surface area contributed by atoms with E-state index in [-0.39, 0.29) is 0 Å². The Morgan fingerprint density at radius 3 is 1.74 bits per heavy atom. The Labute approximate surface area is 142 Å². The maximum atomic E-state index is 4.20. The molecule has 1 aromatic heterocycles. The molecule has 0 aliphatic rings. The third-order valence-corrected chi connectivity index (χ3v) is 4.88. The molecule has 0 spiro atoms. The van der Waals surface area contributed by atoms with Gasteiger partial charge in [-0.1, -0.05) is 73.2 Å². The van der Waals surface area contributed by atoms with Crippen LogP contribution in [0.15, 0.2) is 48.5 Å². The predicted octanol–water partition coefficient (Wildman–Crippen LogP) is 5.25. The first-order chi connectivity index (χ1) is 11.2. The van der Waals surface area contributed by atoms with Crippen LogP contribution in [-0.4, -0.2) is 10.2 Å². The molecule has 118 valence electrons. The van der Waals surface area contributed by atoms with Crippen LogP contribution in [0.25, 0.3) is 10.6 Å². The first kappa shape index (κ1) is 15.9. The number of aryl methyl sites for hydroxylation is 4. The van der Waals surface area contributed by atoms with Crippen molar-refractivity contribution in [1.82, 2.24) is 10.2 Å². The molecule has 0 saturated carbocycles. The number of benzene rings is 2. The Bertz CT molecular complexity index is 742. The molecule has 0 radical (unpaired) electrons. The van der Waals surface area contributed by atoms with Gasteiger partial charge in [-0.05, 0) is 42.9 Å². The van der Waals surface area contributed by atoms with E-state index in [1.165, 1.54) is 29.5 Å². The second kappa shape index (κ2) is 7.51. The summed E-state index contributed by atoms with van der Waals surface area (Å²) in [7, 11) is 0. The van der Waals surface area contributed by atoms with Gasteiger partial charge in [0.15, 0.2) is 0 Å². The van der Waals surface area contributed by atoms with Crippen LogP contribution in [0.3, 0.4) is 0 Å². The van der Waals surface area contributed by atoms with Gasteiger partial charge in [0, 0.05) is 5.56 Å². The molecule has 0 amide bonds. The zero-order valence-corrected chi connectivity index (χ0v) is 14.6. The summed E-state index contributed by atoms with van der Waals surface area (Å²) >= 11 is 1.64. The van der Waals surface area contributed by atoms with Crippen LogP contribution in [0, 0.1) is 6.92 Å². The van der Waals surface area contributed by atoms with Gasteiger partial charge in [0.05, 0.1) is 0 Å². The van der Waals surface area contributed by atoms with E-state index in [4.69, 9.17) is 0 Å². The van der Waals surface area contributed by atoms with E-state index < -0.39 is 0 Å². The van der Waals surface area contributed by atoms with Crippen molar-refractivity contribution in [2.24, 2.45) is 0 Å². The summed E-state index contributed by atoms with van der Waals surface area (Å²) in [5.74, 6) is 0. The summed E-state index contributed by atoms with van der Waals surface area (Å²) < 4.78 is 0. The third kappa shape index (κ3) is 4.26. The van der Waals surface area contributed by atoms with Crippen molar-refractivity contribution in [3.8, 4) is 10.6 Å². The average Bonchev–Trinajstić information content (AvgIpc) is 3.01. The molecule has 23 heavy (non-hydrogen) atoms. The van der Waals surface area contributed by atoms with Gasteiger partial charge in [-0.3, -0.25) is 0 Å². The summed E-state index contributed by atoms with van der Waals surface area (Å²) in [5.41, 5.74) is 5.37. The smallest absolute Gasteiger partial charge is 0.143 e. The monoisotopic (exact) mass is 322 g/mol. The zero-order chi connectivity index (χ0) is 16.1. The van der Waals surface area contributed by atoms with E-state index in [1.54, 1.807) is 11.3 Å². The Morgan fingerprint density at radius 2 is 1.26 bits per heavy atom. The molecule has 0 unspecified atom stereocenters. The number of hydrogen-bond acceptors (Lipinski definition) is 3. The quantitative estimate of drug-likeness (QED) is 0.619. The van der Waals surface area contributed by atoms with Gasteiger partial charge >= 0.3 is 0 Å². The molecule has 0 atom stereocenters. The van der Waals surface area contributed by atoms with Crippen molar-refractivity contribution in [2.45, 2.75) is 39.5 Å². The molecule has 2 aromatic carbocycles. The van der Waals surface area contributed by atoms with Gasteiger partial charge in [-0.2, -0.15) is 0 Å². The van der Waals surface area contributed by atoms with Crippen LogP contribution in [0.1, 0.15) is 35.0 Å². The number of hydrogen-bond donors (Lipinski definition) is 0. The SMILES string of the molecule is CCCc1ccc(CCc2ccc(-c3nnc(C)s3)cc2)cc1. The summed E-state index contributed by atoms with van der Waals surface area (Å²) in [6.45, 7) is 4.21. The second-order valence-corrected chi connectivity index (χ2v) is 7.07. The standard InChI is InChI=1S/C20H22N2S/c1-3-4-16-5-7-17(8-6-16)9-10-18-11-13-19(14-12-18)20-22-21-15(2)23-20/h5-8,11-14H,3-4,9-10H2,1-2H3. The van der Waals surface area contributed by atoms with Crippen LogP contribution in [-0.2, 0) is 19.3 Å². The van der Waals surface area contributed by atoms with Crippen molar-refractivity contribution in [3.63, 3.8) is 0 Å². The maximum Gasteiger partial charge on any atom is 0.147 e. The van der Waals surface area contributed by atoms with Gasteiger partial charge in [-0.15, -0.1) is 10.2 Å². The van der Waals surface area contributed by atoms with E-state index in [2.05, 4.69) is 65.7 Å². The summed E-state index contributed by atoms with van der Waals surface area (Å²) in [5, 5.41) is 10.3.